The fourth-order valence-corrected chi connectivity index (χ4v) is 4.53. The minimum Gasteiger partial charge on any atom is -0.458 e. The van der Waals surface area contributed by atoms with Gasteiger partial charge in [-0.1, -0.05) is 0 Å². The van der Waals surface area contributed by atoms with Gasteiger partial charge in [-0.05, 0) is 43.9 Å². The zero-order valence-corrected chi connectivity index (χ0v) is 9.45. The molecule has 0 unspecified atom stereocenters. The second-order valence-corrected chi connectivity index (χ2v) is 6.05. The van der Waals surface area contributed by atoms with E-state index in [0.717, 1.165) is 25.7 Å². The molecule has 4 bridgehead atoms. The van der Waals surface area contributed by atoms with Crippen LogP contribution in [0.15, 0.2) is 0 Å². The average molecular weight is 225 g/mol. The first kappa shape index (κ1) is 10.5. The summed E-state index contributed by atoms with van der Waals surface area (Å²) in [7, 11) is 0. The number of carbonyl (C=O) groups excluding carboxylic acids is 1. The lowest BCUT2D eigenvalue weighted by molar-refractivity contribution is -0.218. The summed E-state index contributed by atoms with van der Waals surface area (Å²) in [6.07, 6.45) is 5.47. The van der Waals surface area contributed by atoms with Crippen molar-refractivity contribution in [3.63, 3.8) is 0 Å². The molecule has 0 aromatic carbocycles. The van der Waals surface area contributed by atoms with Crippen molar-refractivity contribution in [2.45, 2.75) is 49.7 Å². The smallest absolute Gasteiger partial charge is 0.320 e. The van der Waals surface area contributed by atoms with Crippen LogP contribution in [0.3, 0.4) is 0 Å². The first-order valence-electron chi connectivity index (χ1n) is 6.17. The van der Waals surface area contributed by atoms with Crippen molar-refractivity contribution in [1.82, 2.24) is 0 Å². The topological polar surface area (TPSA) is 72.6 Å². The first-order chi connectivity index (χ1) is 7.53. The van der Waals surface area contributed by atoms with E-state index in [1.54, 1.807) is 0 Å². The van der Waals surface area contributed by atoms with Gasteiger partial charge < -0.3 is 15.6 Å². The summed E-state index contributed by atoms with van der Waals surface area (Å²) in [4.78, 5) is 11.4. The van der Waals surface area contributed by atoms with Crippen molar-refractivity contribution in [3.05, 3.63) is 0 Å². The highest BCUT2D eigenvalue weighted by atomic mass is 16.6. The molecule has 0 heterocycles. The van der Waals surface area contributed by atoms with E-state index in [0.29, 0.717) is 18.3 Å². The summed E-state index contributed by atoms with van der Waals surface area (Å²) in [5.74, 6) is 0.749. The van der Waals surface area contributed by atoms with Gasteiger partial charge in [-0.2, -0.15) is 0 Å². The van der Waals surface area contributed by atoms with Gasteiger partial charge >= 0.3 is 5.97 Å². The van der Waals surface area contributed by atoms with Gasteiger partial charge in [-0.25, -0.2) is 0 Å². The fourth-order valence-electron chi connectivity index (χ4n) is 4.53. The van der Waals surface area contributed by atoms with Gasteiger partial charge in [-0.15, -0.1) is 0 Å². The molecule has 3 N–H and O–H groups in total. The Morgan fingerprint density at radius 2 is 1.94 bits per heavy atom. The highest BCUT2D eigenvalue weighted by molar-refractivity contribution is 5.72. The molecule has 4 aliphatic carbocycles. The molecule has 0 spiro atoms. The van der Waals surface area contributed by atoms with Gasteiger partial charge in [0, 0.05) is 6.42 Å². The molecule has 4 aliphatic rings. The van der Waals surface area contributed by atoms with Crippen LogP contribution in [-0.2, 0) is 9.53 Å². The average Bonchev–Trinajstić information content (AvgIpc) is 2.12. The van der Waals surface area contributed by atoms with E-state index in [4.69, 9.17) is 10.5 Å². The summed E-state index contributed by atoms with van der Waals surface area (Å²) in [5, 5.41) is 10.4. The standard InChI is InChI=1S/C12H19NO3/c13-6-10(14)16-12-4-8-1-9(5-12)3-11(15,2-8)7-12/h8-9,15H,1-7,13H2/t8-,9-,11?,12?/m0/s1. The quantitative estimate of drug-likeness (QED) is 0.674. The largest absolute Gasteiger partial charge is 0.458 e. The zero-order valence-electron chi connectivity index (χ0n) is 9.45. The Morgan fingerprint density at radius 1 is 1.31 bits per heavy atom. The first-order valence-corrected chi connectivity index (χ1v) is 6.17. The molecule has 0 saturated heterocycles. The molecule has 0 aromatic rings. The second-order valence-electron chi connectivity index (χ2n) is 6.05. The molecule has 4 nitrogen and oxygen atoms in total. The van der Waals surface area contributed by atoms with E-state index < -0.39 is 11.2 Å². The highest BCUT2D eigenvalue weighted by Crippen LogP contribution is 2.58. The van der Waals surface area contributed by atoms with E-state index in [1.807, 2.05) is 0 Å². The normalized spacial score (nSPS) is 49.4. The van der Waals surface area contributed by atoms with Crippen LogP contribution >= 0.6 is 0 Å². The van der Waals surface area contributed by atoms with Gasteiger partial charge in [0.1, 0.15) is 5.60 Å². The predicted molar refractivity (Wildman–Crippen MR) is 57.5 cm³/mol. The molecule has 2 atom stereocenters. The molecule has 0 radical (unpaired) electrons. The maximum atomic E-state index is 11.4. The SMILES string of the molecule is NCC(=O)OC12C[C@H]3C[C@@H](CC(O)(C3)C1)C2. The third kappa shape index (κ3) is 1.55. The molecule has 4 fully saturated rings. The summed E-state index contributed by atoms with van der Waals surface area (Å²) in [5.41, 5.74) is 4.33. The van der Waals surface area contributed by atoms with Gasteiger partial charge in [0.25, 0.3) is 0 Å². The molecule has 0 aliphatic heterocycles. The van der Waals surface area contributed by atoms with Crippen LogP contribution in [0.5, 0.6) is 0 Å². The van der Waals surface area contributed by atoms with Crippen LogP contribution in [0, 0.1) is 11.8 Å². The number of hydrogen-bond donors (Lipinski definition) is 2. The highest BCUT2D eigenvalue weighted by Gasteiger charge is 2.59. The van der Waals surface area contributed by atoms with Crippen LogP contribution in [-0.4, -0.2) is 28.8 Å². The van der Waals surface area contributed by atoms with Crippen molar-refractivity contribution in [1.29, 1.82) is 0 Å². The second kappa shape index (κ2) is 3.20. The number of rotatable bonds is 2. The molecule has 4 saturated carbocycles. The van der Waals surface area contributed by atoms with Gasteiger partial charge in [-0.3, -0.25) is 4.79 Å². The third-order valence-electron chi connectivity index (χ3n) is 4.47. The van der Waals surface area contributed by atoms with Crippen LogP contribution < -0.4 is 5.73 Å². The van der Waals surface area contributed by atoms with Crippen molar-refractivity contribution >= 4 is 5.97 Å². The van der Waals surface area contributed by atoms with Gasteiger partial charge in [0.05, 0.1) is 12.1 Å². The molecule has 16 heavy (non-hydrogen) atoms. The number of nitrogens with two attached hydrogens (primary N) is 1. The maximum Gasteiger partial charge on any atom is 0.320 e. The summed E-state index contributed by atoms with van der Waals surface area (Å²) < 4.78 is 5.54. The molecule has 4 rings (SSSR count). The van der Waals surface area contributed by atoms with E-state index in [-0.39, 0.29) is 12.5 Å². The summed E-state index contributed by atoms with van der Waals surface area (Å²) in [6, 6.07) is 0. The van der Waals surface area contributed by atoms with Crippen molar-refractivity contribution in [2.75, 3.05) is 6.54 Å². The Labute approximate surface area is 95.1 Å². The van der Waals surface area contributed by atoms with Crippen LogP contribution in [0.4, 0.5) is 0 Å². The molecule has 0 aromatic heterocycles. The number of aliphatic hydroxyl groups is 1. The Kier molecular flexibility index (Phi) is 2.11. The van der Waals surface area contributed by atoms with E-state index in [9.17, 15) is 9.90 Å². The Hall–Kier alpha value is -0.610. The van der Waals surface area contributed by atoms with Crippen molar-refractivity contribution < 1.29 is 14.6 Å². The van der Waals surface area contributed by atoms with Crippen LogP contribution in [0.2, 0.25) is 0 Å². The Bertz CT molecular complexity index is 314. The van der Waals surface area contributed by atoms with E-state index in [1.165, 1.54) is 6.42 Å². The summed E-state index contributed by atoms with van der Waals surface area (Å²) >= 11 is 0. The molecule has 4 heteroatoms. The lowest BCUT2D eigenvalue weighted by Gasteiger charge is -2.59. The molecule has 90 valence electrons. The predicted octanol–water partition coefficient (Wildman–Crippen LogP) is 0.572. The van der Waals surface area contributed by atoms with Gasteiger partial charge in [0.2, 0.25) is 0 Å². The lowest BCUT2D eigenvalue weighted by atomic mass is 9.52. The minimum atomic E-state index is -0.570. The molecular formula is C12H19NO3. The Balaban J connectivity index is 1.83. The maximum absolute atomic E-state index is 11.4. The zero-order chi connectivity index (χ0) is 11.4. The molecular weight excluding hydrogens is 206 g/mol. The Morgan fingerprint density at radius 3 is 2.44 bits per heavy atom. The lowest BCUT2D eigenvalue weighted by Crippen LogP contribution is -2.60. The monoisotopic (exact) mass is 225 g/mol. The minimum absolute atomic E-state index is 0.0600. The van der Waals surface area contributed by atoms with E-state index >= 15 is 0 Å². The number of esters is 1. The number of ether oxygens (including phenoxy) is 1. The van der Waals surface area contributed by atoms with Crippen molar-refractivity contribution in [3.8, 4) is 0 Å². The van der Waals surface area contributed by atoms with Crippen LogP contribution in [0.1, 0.15) is 38.5 Å². The summed E-state index contributed by atoms with van der Waals surface area (Å²) in [6.45, 7) is -0.0600. The number of carbonyl (C=O) groups is 1. The fraction of sp³-hybridized carbons (Fsp3) is 0.917. The number of hydrogen-bond acceptors (Lipinski definition) is 4. The van der Waals surface area contributed by atoms with Gasteiger partial charge in [0.15, 0.2) is 0 Å². The molecule has 0 amide bonds. The third-order valence-corrected chi connectivity index (χ3v) is 4.47. The van der Waals surface area contributed by atoms with Crippen LogP contribution in [0.25, 0.3) is 0 Å². The van der Waals surface area contributed by atoms with Crippen molar-refractivity contribution in [2.24, 2.45) is 17.6 Å². The van der Waals surface area contributed by atoms with E-state index in [2.05, 4.69) is 0 Å².